The van der Waals surface area contributed by atoms with E-state index in [4.69, 9.17) is 11.5 Å². The van der Waals surface area contributed by atoms with E-state index in [2.05, 4.69) is 28.2 Å². The van der Waals surface area contributed by atoms with E-state index < -0.39 is 5.91 Å². The molecule has 31 heavy (non-hydrogen) atoms. The summed E-state index contributed by atoms with van der Waals surface area (Å²) in [5.41, 5.74) is 18.2. The number of nitrogens with one attached hydrogen (secondary N) is 1. The zero-order valence-corrected chi connectivity index (χ0v) is 17.3. The number of thiophene rings is 1. The van der Waals surface area contributed by atoms with E-state index in [1.165, 1.54) is 0 Å². The summed E-state index contributed by atoms with van der Waals surface area (Å²) in [4.78, 5) is 25.9. The van der Waals surface area contributed by atoms with Gasteiger partial charge in [-0.1, -0.05) is 12.6 Å². The Morgan fingerprint density at radius 1 is 1.19 bits per heavy atom. The van der Waals surface area contributed by atoms with Gasteiger partial charge in [0.15, 0.2) is 0 Å². The van der Waals surface area contributed by atoms with Crippen LogP contribution in [0.5, 0.6) is 0 Å². The number of H-pyrrole nitrogens is 1. The Morgan fingerprint density at radius 2 is 2.00 bits per heavy atom. The average Bonchev–Trinajstić information content (AvgIpc) is 3.47. The molecule has 5 rings (SSSR count). The van der Waals surface area contributed by atoms with Crippen LogP contribution in [0.15, 0.2) is 59.3 Å². The highest BCUT2D eigenvalue weighted by molar-refractivity contribution is 7.08. The second-order valence-electron chi connectivity index (χ2n) is 7.57. The van der Waals surface area contributed by atoms with Gasteiger partial charge in [-0.2, -0.15) is 16.4 Å². The largest absolute Gasteiger partial charge is 0.399 e. The number of nitrogens with two attached hydrogens (primary N) is 2. The van der Waals surface area contributed by atoms with Gasteiger partial charge in [0.1, 0.15) is 5.69 Å². The first-order valence-corrected chi connectivity index (χ1v) is 10.6. The lowest BCUT2D eigenvalue weighted by Crippen LogP contribution is -2.30. The molecule has 0 unspecified atom stereocenters. The van der Waals surface area contributed by atoms with Crippen molar-refractivity contribution in [2.45, 2.75) is 6.54 Å². The summed E-state index contributed by atoms with van der Waals surface area (Å²) < 4.78 is 0. The fourth-order valence-corrected chi connectivity index (χ4v) is 4.62. The highest BCUT2D eigenvalue weighted by Crippen LogP contribution is 2.37. The van der Waals surface area contributed by atoms with Gasteiger partial charge in [0.2, 0.25) is 5.91 Å². The fourth-order valence-electron chi connectivity index (χ4n) is 3.98. The number of carbonyl (C=O) groups excluding carboxylic acids is 2. The molecular formula is C23H19N5O2S. The van der Waals surface area contributed by atoms with Gasteiger partial charge in [0, 0.05) is 39.7 Å². The van der Waals surface area contributed by atoms with Crippen LogP contribution in [-0.2, 0) is 11.3 Å². The van der Waals surface area contributed by atoms with Crippen LogP contribution in [0.25, 0.3) is 33.3 Å². The summed E-state index contributed by atoms with van der Waals surface area (Å²) in [6.07, 6.45) is 0. The minimum absolute atomic E-state index is 0.0886. The molecule has 1 aliphatic heterocycles. The van der Waals surface area contributed by atoms with Crippen LogP contribution in [0.1, 0.15) is 15.9 Å². The molecule has 0 radical (unpaired) electrons. The molecule has 0 atom stereocenters. The van der Waals surface area contributed by atoms with Crippen molar-refractivity contribution in [3.63, 3.8) is 0 Å². The van der Waals surface area contributed by atoms with E-state index >= 15 is 0 Å². The minimum Gasteiger partial charge on any atom is -0.399 e. The Hall–Kier alpha value is -3.91. The molecule has 8 heteroatoms. The smallest absolute Gasteiger partial charge is 0.254 e. The number of rotatable bonds is 5. The molecule has 4 aromatic rings. The SMILES string of the molecule is C=C(CN1Cc2c(cc(N)cc2-c2ccc3[nH]nc(-c4ccsc4)c3c2)C1=O)C(N)=O. The first-order valence-electron chi connectivity index (χ1n) is 9.62. The van der Waals surface area contributed by atoms with Crippen LogP contribution in [0.4, 0.5) is 5.69 Å². The van der Waals surface area contributed by atoms with Crippen molar-refractivity contribution in [2.75, 3.05) is 12.3 Å². The van der Waals surface area contributed by atoms with Crippen molar-refractivity contribution in [1.29, 1.82) is 0 Å². The van der Waals surface area contributed by atoms with E-state index in [1.54, 1.807) is 22.3 Å². The number of benzene rings is 2. The predicted octanol–water partition coefficient (Wildman–Crippen LogP) is 3.54. The Morgan fingerprint density at radius 3 is 2.74 bits per heavy atom. The first-order chi connectivity index (χ1) is 14.9. The fraction of sp³-hybridized carbons (Fsp3) is 0.0870. The molecule has 2 aromatic carbocycles. The second-order valence-corrected chi connectivity index (χ2v) is 8.35. The summed E-state index contributed by atoms with van der Waals surface area (Å²) in [7, 11) is 0. The van der Waals surface area contributed by atoms with Crippen LogP contribution >= 0.6 is 11.3 Å². The number of aromatic nitrogens is 2. The van der Waals surface area contributed by atoms with Gasteiger partial charge in [-0.3, -0.25) is 14.7 Å². The lowest BCUT2D eigenvalue weighted by molar-refractivity contribution is -0.114. The highest BCUT2D eigenvalue weighted by Gasteiger charge is 2.31. The van der Waals surface area contributed by atoms with Crippen molar-refractivity contribution in [3.8, 4) is 22.4 Å². The Bertz CT molecular complexity index is 1370. The Kier molecular flexibility index (Phi) is 4.37. The Labute approximate surface area is 182 Å². The van der Waals surface area contributed by atoms with Crippen molar-refractivity contribution < 1.29 is 9.59 Å². The Balaban J connectivity index is 1.60. The van der Waals surface area contributed by atoms with Crippen molar-refractivity contribution in [2.24, 2.45) is 5.73 Å². The quantitative estimate of drug-likeness (QED) is 0.332. The number of anilines is 1. The summed E-state index contributed by atoms with van der Waals surface area (Å²) in [5, 5.41) is 12.6. The summed E-state index contributed by atoms with van der Waals surface area (Å²) >= 11 is 1.62. The van der Waals surface area contributed by atoms with Gasteiger partial charge >= 0.3 is 0 Å². The van der Waals surface area contributed by atoms with Crippen LogP contribution in [0.2, 0.25) is 0 Å². The number of primary amides is 1. The van der Waals surface area contributed by atoms with Gasteiger partial charge in [-0.25, -0.2) is 0 Å². The molecule has 0 aliphatic carbocycles. The number of fused-ring (bicyclic) bond motifs is 2. The third-order valence-corrected chi connectivity index (χ3v) is 6.22. The molecule has 2 aromatic heterocycles. The molecule has 0 spiro atoms. The maximum Gasteiger partial charge on any atom is 0.254 e. The minimum atomic E-state index is -0.616. The number of hydrogen-bond donors (Lipinski definition) is 3. The molecular weight excluding hydrogens is 410 g/mol. The molecule has 0 saturated heterocycles. The van der Waals surface area contributed by atoms with E-state index in [-0.39, 0.29) is 18.0 Å². The monoisotopic (exact) mass is 429 g/mol. The maximum atomic E-state index is 12.9. The molecule has 0 fully saturated rings. The van der Waals surface area contributed by atoms with E-state index in [0.717, 1.165) is 38.9 Å². The number of aromatic amines is 1. The zero-order chi connectivity index (χ0) is 21.7. The molecule has 5 N–H and O–H groups in total. The van der Waals surface area contributed by atoms with E-state index in [9.17, 15) is 9.59 Å². The molecule has 2 amide bonds. The number of carbonyl (C=O) groups is 2. The van der Waals surface area contributed by atoms with Gasteiger partial charge in [-0.15, -0.1) is 0 Å². The van der Waals surface area contributed by atoms with Gasteiger partial charge in [0.05, 0.1) is 12.1 Å². The maximum absolute atomic E-state index is 12.9. The van der Waals surface area contributed by atoms with Gasteiger partial charge in [0.25, 0.3) is 5.91 Å². The van der Waals surface area contributed by atoms with E-state index in [1.807, 2.05) is 29.6 Å². The third kappa shape index (κ3) is 3.17. The number of hydrogen-bond acceptors (Lipinski definition) is 5. The van der Waals surface area contributed by atoms with Crippen LogP contribution in [0.3, 0.4) is 0 Å². The summed E-state index contributed by atoms with van der Waals surface area (Å²) in [6.45, 7) is 4.12. The number of nitrogen functional groups attached to an aromatic ring is 1. The van der Waals surface area contributed by atoms with Crippen LogP contribution < -0.4 is 11.5 Å². The lowest BCUT2D eigenvalue weighted by atomic mass is 9.94. The number of nitrogens with zero attached hydrogens (tertiary/aromatic N) is 2. The van der Waals surface area contributed by atoms with Crippen LogP contribution in [-0.4, -0.2) is 33.5 Å². The highest BCUT2D eigenvalue weighted by atomic mass is 32.1. The van der Waals surface area contributed by atoms with Crippen molar-refractivity contribution in [1.82, 2.24) is 15.1 Å². The number of amides is 2. The normalized spacial score (nSPS) is 13.0. The van der Waals surface area contributed by atoms with Gasteiger partial charge in [-0.05, 0) is 52.4 Å². The molecule has 1 aliphatic rings. The summed E-state index contributed by atoms with van der Waals surface area (Å²) in [6, 6.07) is 11.6. The molecule has 7 nitrogen and oxygen atoms in total. The second kappa shape index (κ2) is 7.10. The van der Waals surface area contributed by atoms with Crippen LogP contribution in [0, 0.1) is 0 Å². The molecule has 0 bridgehead atoms. The topological polar surface area (TPSA) is 118 Å². The third-order valence-electron chi connectivity index (χ3n) is 5.54. The molecule has 0 saturated carbocycles. The first kappa shape index (κ1) is 19.1. The average molecular weight is 430 g/mol. The standard InChI is InChI=1S/C23H19N5O2S/c1-12(22(25)29)9-28-10-19-16(7-15(24)8-17(19)23(28)30)13-2-3-20-18(6-13)21(27-26-20)14-4-5-31-11-14/h2-8,11H,1,9-10,24H2,(H2,25,29)(H,26,27). The van der Waals surface area contributed by atoms with E-state index in [0.29, 0.717) is 17.8 Å². The van der Waals surface area contributed by atoms with Gasteiger partial charge < -0.3 is 16.4 Å². The van der Waals surface area contributed by atoms with Crippen molar-refractivity contribution >= 4 is 39.7 Å². The lowest BCUT2D eigenvalue weighted by Gasteiger charge is -2.15. The zero-order valence-electron chi connectivity index (χ0n) is 16.5. The summed E-state index contributed by atoms with van der Waals surface area (Å²) in [5.74, 6) is -0.802. The molecule has 3 heterocycles. The van der Waals surface area contributed by atoms with Crippen molar-refractivity contribution in [3.05, 3.63) is 70.4 Å². The molecule has 154 valence electrons. The predicted molar refractivity (Wildman–Crippen MR) is 122 cm³/mol.